The molecule has 1 N–H and O–H groups in total. The highest BCUT2D eigenvalue weighted by Crippen LogP contribution is 2.36. The molecule has 0 unspecified atom stereocenters. The van der Waals surface area contributed by atoms with E-state index >= 15 is 0 Å². The topological polar surface area (TPSA) is 38.3 Å². The van der Waals surface area contributed by atoms with Crippen LogP contribution in [-0.2, 0) is 0 Å². The Labute approximate surface area is 144 Å². The van der Waals surface area contributed by atoms with E-state index in [0.29, 0.717) is 12.1 Å². The molecule has 1 amide bonds. The van der Waals surface area contributed by atoms with Gasteiger partial charge in [-0.2, -0.15) is 0 Å². The summed E-state index contributed by atoms with van der Waals surface area (Å²) in [5.74, 6) is 0.777. The number of amides is 1. The number of carbonyl (C=O) groups is 1. The van der Waals surface area contributed by atoms with Crippen molar-refractivity contribution in [2.24, 2.45) is 0 Å². The minimum Gasteiger partial charge on any atom is -0.483 e. The van der Waals surface area contributed by atoms with Crippen molar-refractivity contribution in [2.45, 2.75) is 19.4 Å². The highest BCUT2D eigenvalue weighted by atomic mass is 79.9. The number of carbonyl (C=O) groups excluding carboxylic acids is 1. The van der Waals surface area contributed by atoms with Gasteiger partial charge < -0.3 is 10.1 Å². The van der Waals surface area contributed by atoms with Gasteiger partial charge in [-0.25, -0.2) is 0 Å². The number of hydrogen-bond donors (Lipinski definition) is 1. The first-order valence-corrected chi connectivity index (χ1v) is 8.28. The molecular formula is C19H18BrNO2. The molecule has 0 bridgehead atoms. The molecule has 0 fully saturated rings. The van der Waals surface area contributed by atoms with Crippen molar-refractivity contribution >= 4 is 27.9 Å². The monoisotopic (exact) mass is 371 g/mol. The van der Waals surface area contributed by atoms with Gasteiger partial charge in [0.25, 0.3) is 5.91 Å². The largest absolute Gasteiger partial charge is 0.483 e. The molecule has 2 aromatic carbocycles. The number of hydrogen-bond acceptors (Lipinski definition) is 2. The molecule has 1 heterocycles. The quantitative estimate of drug-likeness (QED) is 0.866. The minimum absolute atomic E-state index is 0.0812. The molecule has 0 spiro atoms. The van der Waals surface area contributed by atoms with Crippen molar-refractivity contribution in [1.29, 1.82) is 0 Å². The molecule has 3 rings (SSSR count). The molecule has 1 aliphatic rings. The Morgan fingerprint density at radius 1 is 1.17 bits per heavy atom. The summed E-state index contributed by atoms with van der Waals surface area (Å²) in [5.41, 5.74) is 2.26. The molecule has 1 aliphatic heterocycles. The van der Waals surface area contributed by atoms with Gasteiger partial charge in [0.2, 0.25) is 0 Å². The van der Waals surface area contributed by atoms with E-state index in [1.807, 2.05) is 50.2 Å². The van der Waals surface area contributed by atoms with Crippen molar-refractivity contribution in [3.8, 4) is 5.75 Å². The van der Waals surface area contributed by atoms with Crippen LogP contribution in [-0.4, -0.2) is 18.1 Å². The van der Waals surface area contributed by atoms with Crippen LogP contribution < -0.4 is 10.1 Å². The van der Waals surface area contributed by atoms with Crippen molar-refractivity contribution in [1.82, 2.24) is 5.32 Å². The fourth-order valence-electron chi connectivity index (χ4n) is 2.56. The smallest absolute Gasteiger partial charge is 0.251 e. The molecule has 2 aromatic rings. The van der Waals surface area contributed by atoms with Crippen molar-refractivity contribution in [3.05, 3.63) is 69.7 Å². The third kappa shape index (κ3) is 3.48. The second kappa shape index (κ2) is 6.20. The molecule has 118 valence electrons. The van der Waals surface area contributed by atoms with Crippen LogP contribution in [0.2, 0.25) is 0 Å². The van der Waals surface area contributed by atoms with E-state index in [2.05, 4.69) is 27.3 Å². The molecular weight excluding hydrogens is 354 g/mol. The Bertz CT molecular complexity index is 766. The number of ether oxygens (including phenoxy) is 1. The number of benzene rings is 2. The first-order chi connectivity index (χ1) is 11.0. The molecule has 0 atom stereocenters. The van der Waals surface area contributed by atoms with E-state index in [1.165, 1.54) is 0 Å². The molecule has 0 aromatic heterocycles. The standard InChI is InChI=1S/C19H18BrNO2/c1-19(2)15(10-14-11-16(20)8-9-17(14)23-19)12-21-18(22)13-6-4-3-5-7-13/h3-11H,12H2,1-2H3,(H,21,22). The van der Waals surface area contributed by atoms with E-state index in [1.54, 1.807) is 12.1 Å². The Balaban J connectivity index is 1.80. The van der Waals surface area contributed by atoms with Crippen molar-refractivity contribution < 1.29 is 9.53 Å². The van der Waals surface area contributed by atoms with Gasteiger partial charge in [-0.05, 0) is 55.8 Å². The fraction of sp³-hybridized carbons (Fsp3) is 0.211. The Morgan fingerprint density at radius 3 is 2.65 bits per heavy atom. The maximum Gasteiger partial charge on any atom is 0.251 e. The van der Waals surface area contributed by atoms with Gasteiger partial charge >= 0.3 is 0 Å². The highest BCUT2D eigenvalue weighted by Gasteiger charge is 2.30. The Hall–Kier alpha value is -2.07. The van der Waals surface area contributed by atoms with Crippen LogP contribution in [0.25, 0.3) is 6.08 Å². The number of rotatable bonds is 3. The maximum absolute atomic E-state index is 12.2. The number of halogens is 1. The predicted octanol–water partition coefficient (Wildman–Crippen LogP) is 4.43. The first-order valence-electron chi connectivity index (χ1n) is 7.48. The van der Waals surface area contributed by atoms with Crippen LogP contribution in [0.4, 0.5) is 0 Å². The van der Waals surface area contributed by atoms with Crippen LogP contribution >= 0.6 is 15.9 Å². The van der Waals surface area contributed by atoms with Gasteiger partial charge in [-0.15, -0.1) is 0 Å². The Kier molecular flexibility index (Phi) is 4.26. The third-order valence-electron chi connectivity index (χ3n) is 3.92. The van der Waals surface area contributed by atoms with E-state index < -0.39 is 5.60 Å². The zero-order valence-corrected chi connectivity index (χ0v) is 14.7. The lowest BCUT2D eigenvalue weighted by atomic mass is 9.92. The number of nitrogens with one attached hydrogen (secondary N) is 1. The summed E-state index contributed by atoms with van der Waals surface area (Å²) in [6.45, 7) is 4.48. The van der Waals surface area contributed by atoms with Crippen molar-refractivity contribution in [2.75, 3.05) is 6.54 Å². The zero-order chi connectivity index (χ0) is 16.4. The van der Waals surface area contributed by atoms with Crippen molar-refractivity contribution in [3.63, 3.8) is 0 Å². The van der Waals surface area contributed by atoms with E-state index in [4.69, 9.17) is 4.74 Å². The van der Waals surface area contributed by atoms with Gasteiger partial charge in [0, 0.05) is 22.1 Å². The molecule has 3 nitrogen and oxygen atoms in total. The van der Waals surface area contributed by atoms with Crippen LogP contribution in [0, 0.1) is 0 Å². The summed E-state index contributed by atoms with van der Waals surface area (Å²) in [7, 11) is 0. The first kappa shape index (κ1) is 15.8. The lowest BCUT2D eigenvalue weighted by Crippen LogP contribution is -2.39. The normalized spacial score (nSPS) is 15.2. The molecule has 0 aliphatic carbocycles. The van der Waals surface area contributed by atoms with E-state index in [9.17, 15) is 4.79 Å². The Morgan fingerprint density at radius 2 is 1.91 bits per heavy atom. The molecule has 0 radical (unpaired) electrons. The summed E-state index contributed by atoms with van der Waals surface area (Å²) in [5, 5.41) is 2.97. The second-order valence-corrected chi connectivity index (χ2v) is 6.93. The number of fused-ring (bicyclic) bond motifs is 1. The SMILES string of the molecule is CC1(C)Oc2ccc(Br)cc2C=C1CNC(=O)c1ccccc1. The van der Waals surface area contributed by atoms with Crippen LogP contribution in [0.15, 0.2) is 58.6 Å². The van der Waals surface area contributed by atoms with E-state index in [-0.39, 0.29) is 5.91 Å². The zero-order valence-electron chi connectivity index (χ0n) is 13.1. The summed E-state index contributed by atoms with van der Waals surface area (Å²) in [6.07, 6.45) is 2.09. The summed E-state index contributed by atoms with van der Waals surface area (Å²) >= 11 is 3.48. The van der Waals surface area contributed by atoms with Gasteiger partial charge in [0.1, 0.15) is 11.4 Å². The lowest BCUT2D eigenvalue weighted by Gasteiger charge is -2.34. The van der Waals surface area contributed by atoms with Crippen LogP contribution in [0.3, 0.4) is 0 Å². The third-order valence-corrected chi connectivity index (χ3v) is 4.41. The molecule has 0 saturated heterocycles. The van der Waals surface area contributed by atoms with E-state index in [0.717, 1.165) is 21.4 Å². The minimum atomic E-state index is -0.454. The summed E-state index contributed by atoms with van der Waals surface area (Å²) < 4.78 is 7.09. The summed E-state index contributed by atoms with van der Waals surface area (Å²) in [6, 6.07) is 15.2. The molecule has 23 heavy (non-hydrogen) atoms. The lowest BCUT2D eigenvalue weighted by molar-refractivity contribution is 0.0948. The van der Waals surface area contributed by atoms with Crippen LogP contribution in [0.1, 0.15) is 29.8 Å². The van der Waals surface area contributed by atoms with Gasteiger partial charge in [0.05, 0.1) is 0 Å². The maximum atomic E-state index is 12.2. The molecule has 4 heteroatoms. The average molecular weight is 372 g/mol. The van der Waals surface area contributed by atoms with Gasteiger partial charge in [-0.1, -0.05) is 34.1 Å². The fourth-order valence-corrected chi connectivity index (χ4v) is 2.94. The summed E-state index contributed by atoms with van der Waals surface area (Å²) in [4.78, 5) is 12.2. The van der Waals surface area contributed by atoms with Gasteiger partial charge in [0.15, 0.2) is 0 Å². The molecule has 0 saturated carbocycles. The van der Waals surface area contributed by atoms with Gasteiger partial charge in [-0.3, -0.25) is 4.79 Å². The average Bonchev–Trinajstić information content (AvgIpc) is 2.53. The second-order valence-electron chi connectivity index (χ2n) is 6.01. The highest BCUT2D eigenvalue weighted by molar-refractivity contribution is 9.10. The predicted molar refractivity (Wildman–Crippen MR) is 95.6 cm³/mol. The van der Waals surface area contributed by atoms with Crippen LogP contribution in [0.5, 0.6) is 5.75 Å².